The molecule has 1 amide bonds. The van der Waals surface area contributed by atoms with Crippen LogP contribution in [0.5, 0.6) is 28.7 Å². The Morgan fingerprint density at radius 2 is 1.41 bits per heavy atom. The smallest absolute Gasteiger partial charge is 0.232 e. The molecule has 0 spiro atoms. The highest BCUT2D eigenvalue weighted by Crippen LogP contribution is 2.47. The van der Waals surface area contributed by atoms with Crippen LogP contribution in [0.25, 0.3) is 0 Å². The Kier molecular flexibility index (Phi) is 7.81. The van der Waals surface area contributed by atoms with Gasteiger partial charge in [-0.25, -0.2) is 0 Å². The normalized spacial score (nSPS) is 14.7. The Hall–Kier alpha value is -3.87. The summed E-state index contributed by atoms with van der Waals surface area (Å²) in [6, 6.07) is 13.4. The predicted molar refractivity (Wildman–Crippen MR) is 144 cm³/mol. The molecule has 196 valence electrons. The maximum absolute atomic E-state index is 13.8. The number of ether oxygens (including phenoxy) is 5. The Morgan fingerprint density at radius 3 is 1.95 bits per heavy atom. The standard InChI is InChI=1S/C30H35NO6/c1-8-36-24-13-20-16-28(32)31(22-11-10-18(3)19(4)12-22)29(23(20)17-25(24)37-9-2)21-14-26(33-5)30(35-7)27(15-21)34-6/h10-15,17,29H,8-9,16H2,1-7H3. The molecule has 7 heteroatoms. The number of methoxy groups -OCH3 is 3. The average molecular weight is 506 g/mol. The first-order valence-corrected chi connectivity index (χ1v) is 12.5. The monoisotopic (exact) mass is 505 g/mol. The number of hydrogen-bond acceptors (Lipinski definition) is 6. The lowest BCUT2D eigenvalue weighted by molar-refractivity contribution is -0.118. The van der Waals surface area contributed by atoms with Gasteiger partial charge in [0.15, 0.2) is 23.0 Å². The lowest BCUT2D eigenvalue weighted by Gasteiger charge is -2.38. The zero-order chi connectivity index (χ0) is 26.7. The second-order valence-electron chi connectivity index (χ2n) is 8.93. The van der Waals surface area contributed by atoms with Crippen LogP contribution in [0.3, 0.4) is 0 Å². The van der Waals surface area contributed by atoms with E-state index in [1.165, 1.54) is 0 Å². The van der Waals surface area contributed by atoms with Crippen LogP contribution in [-0.4, -0.2) is 40.5 Å². The number of amides is 1. The summed E-state index contributed by atoms with van der Waals surface area (Å²) in [5.74, 6) is 2.81. The second kappa shape index (κ2) is 11.0. The fourth-order valence-electron chi connectivity index (χ4n) is 4.85. The van der Waals surface area contributed by atoms with Crippen LogP contribution in [-0.2, 0) is 11.2 Å². The maximum atomic E-state index is 13.8. The van der Waals surface area contributed by atoms with Crippen molar-refractivity contribution >= 4 is 11.6 Å². The lowest BCUT2D eigenvalue weighted by Crippen LogP contribution is -2.41. The van der Waals surface area contributed by atoms with Crippen molar-refractivity contribution in [2.75, 3.05) is 39.4 Å². The molecule has 0 N–H and O–H groups in total. The number of hydrogen-bond donors (Lipinski definition) is 0. The number of anilines is 1. The third-order valence-corrected chi connectivity index (χ3v) is 6.74. The zero-order valence-corrected chi connectivity index (χ0v) is 22.6. The number of carbonyl (C=O) groups is 1. The van der Waals surface area contributed by atoms with E-state index in [1.807, 2.05) is 55.1 Å². The molecule has 0 bridgehead atoms. The highest BCUT2D eigenvalue weighted by Gasteiger charge is 2.37. The molecule has 0 aromatic heterocycles. The lowest BCUT2D eigenvalue weighted by atomic mass is 9.86. The number of carbonyl (C=O) groups excluding carboxylic acids is 1. The molecule has 0 aliphatic carbocycles. The molecule has 1 heterocycles. The molecule has 3 aromatic rings. The molecule has 1 unspecified atom stereocenters. The molecule has 0 radical (unpaired) electrons. The van der Waals surface area contributed by atoms with Crippen molar-refractivity contribution in [1.82, 2.24) is 0 Å². The van der Waals surface area contributed by atoms with Crippen LogP contribution in [0.1, 0.15) is 47.7 Å². The molecule has 0 fully saturated rings. The minimum Gasteiger partial charge on any atom is -0.493 e. The Bertz CT molecular complexity index is 1280. The van der Waals surface area contributed by atoms with Crippen molar-refractivity contribution in [3.63, 3.8) is 0 Å². The number of nitrogens with zero attached hydrogens (tertiary/aromatic N) is 1. The van der Waals surface area contributed by atoms with Gasteiger partial charge in [0, 0.05) is 5.69 Å². The van der Waals surface area contributed by atoms with Gasteiger partial charge < -0.3 is 28.6 Å². The highest BCUT2D eigenvalue weighted by molar-refractivity contribution is 5.98. The van der Waals surface area contributed by atoms with Crippen LogP contribution < -0.4 is 28.6 Å². The van der Waals surface area contributed by atoms with Gasteiger partial charge in [0.05, 0.1) is 47.0 Å². The quantitative estimate of drug-likeness (QED) is 0.366. The minimum atomic E-state index is -0.457. The topological polar surface area (TPSA) is 66.5 Å². The average Bonchev–Trinajstić information content (AvgIpc) is 2.89. The molecule has 37 heavy (non-hydrogen) atoms. The molecular formula is C30H35NO6. The van der Waals surface area contributed by atoms with Crippen molar-refractivity contribution in [1.29, 1.82) is 0 Å². The number of benzene rings is 3. The van der Waals surface area contributed by atoms with Crippen molar-refractivity contribution in [2.24, 2.45) is 0 Å². The first-order valence-electron chi connectivity index (χ1n) is 12.5. The molecule has 1 aliphatic heterocycles. The summed E-state index contributed by atoms with van der Waals surface area (Å²) < 4.78 is 28.7. The van der Waals surface area contributed by atoms with E-state index < -0.39 is 6.04 Å². The number of aryl methyl sites for hydroxylation is 2. The predicted octanol–water partition coefficient (Wildman–Crippen LogP) is 5.81. The van der Waals surface area contributed by atoms with Crippen LogP contribution >= 0.6 is 0 Å². The number of rotatable bonds is 9. The van der Waals surface area contributed by atoms with Gasteiger partial charge in [-0.15, -0.1) is 0 Å². The Labute approximate surface area is 218 Å². The minimum absolute atomic E-state index is 0.0129. The summed E-state index contributed by atoms with van der Waals surface area (Å²) in [5, 5.41) is 0. The SMILES string of the molecule is CCOc1cc2c(cc1OCC)C(c1cc(OC)c(OC)c(OC)c1)N(c1ccc(C)c(C)c1)C(=O)C2. The van der Waals surface area contributed by atoms with E-state index in [-0.39, 0.29) is 12.3 Å². The van der Waals surface area contributed by atoms with Crippen LogP contribution in [0.4, 0.5) is 5.69 Å². The molecule has 0 saturated carbocycles. The van der Waals surface area contributed by atoms with Crippen molar-refractivity contribution < 1.29 is 28.5 Å². The van der Waals surface area contributed by atoms with E-state index in [1.54, 1.807) is 21.3 Å². The second-order valence-corrected chi connectivity index (χ2v) is 8.93. The summed E-state index contributed by atoms with van der Waals surface area (Å²) in [6.07, 6.45) is 0.246. The zero-order valence-electron chi connectivity index (χ0n) is 22.6. The van der Waals surface area contributed by atoms with Crippen LogP contribution in [0.2, 0.25) is 0 Å². The van der Waals surface area contributed by atoms with Crippen molar-refractivity contribution in [3.05, 3.63) is 70.3 Å². The van der Waals surface area contributed by atoms with Gasteiger partial charge in [-0.2, -0.15) is 0 Å². The first kappa shape index (κ1) is 26.2. The van der Waals surface area contributed by atoms with Gasteiger partial charge in [0.1, 0.15) is 0 Å². The number of fused-ring (bicyclic) bond motifs is 1. The maximum Gasteiger partial charge on any atom is 0.232 e. The fraction of sp³-hybridized carbons (Fsp3) is 0.367. The van der Waals surface area contributed by atoms with E-state index in [0.717, 1.165) is 33.5 Å². The molecular weight excluding hydrogens is 470 g/mol. The molecule has 4 rings (SSSR count). The molecule has 0 saturated heterocycles. The largest absolute Gasteiger partial charge is 0.493 e. The van der Waals surface area contributed by atoms with Gasteiger partial charge in [0.25, 0.3) is 0 Å². The Balaban J connectivity index is 2.01. The van der Waals surface area contributed by atoms with Gasteiger partial charge in [0.2, 0.25) is 11.7 Å². The van der Waals surface area contributed by atoms with Gasteiger partial charge >= 0.3 is 0 Å². The third kappa shape index (κ3) is 4.90. The van der Waals surface area contributed by atoms with E-state index in [0.29, 0.717) is 42.0 Å². The Morgan fingerprint density at radius 1 is 0.784 bits per heavy atom. The summed E-state index contributed by atoms with van der Waals surface area (Å²) in [7, 11) is 4.75. The van der Waals surface area contributed by atoms with Gasteiger partial charge in [-0.05, 0) is 91.9 Å². The van der Waals surface area contributed by atoms with Crippen molar-refractivity contribution in [2.45, 2.75) is 40.2 Å². The van der Waals surface area contributed by atoms with E-state index in [2.05, 4.69) is 19.9 Å². The summed E-state index contributed by atoms with van der Waals surface area (Å²) in [6.45, 7) is 8.98. The highest BCUT2D eigenvalue weighted by atomic mass is 16.5. The van der Waals surface area contributed by atoms with Crippen LogP contribution in [0.15, 0.2) is 42.5 Å². The van der Waals surface area contributed by atoms with Crippen LogP contribution in [0, 0.1) is 13.8 Å². The van der Waals surface area contributed by atoms with Gasteiger partial charge in [-0.3, -0.25) is 4.79 Å². The molecule has 1 atom stereocenters. The molecule has 3 aromatic carbocycles. The summed E-state index contributed by atoms with van der Waals surface area (Å²) in [4.78, 5) is 15.7. The van der Waals surface area contributed by atoms with Crippen molar-refractivity contribution in [3.8, 4) is 28.7 Å². The van der Waals surface area contributed by atoms with E-state index in [9.17, 15) is 4.79 Å². The summed E-state index contributed by atoms with van der Waals surface area (Å²) in [5.41, 5.74) is 5.78. The fourth-order valence-corrected chi connectivity index (χ4v) is 4.85. The first-order chi connectivity index (χ1) is 17.9. The third-order valence-electron chi connectivity index (χ3n) is 6.74. The van der Waals surface area contributed by atoms with Gasteiger partial charge in [-0.1, -0.05) is 6.07 Å². The van der Waals surface area contributed by atoms with E-state index in [4.69, 9.17) is 23.7 Å². The molecule has 7 nitrogen and oxygen atoms in total. The molecule has 1 aliphatic rings. The van der Waals surface area contributed by atoms with E-state index >= 15 is 0 Å². The summed E-state index contributed by atoms with van der Waals surface area (Å²) >= 11 is 0.